The van der Waals surface area contributed by atoms with Crippen molar-refractivity contribution in [3.63, 3.8) is 0 Å². The van der Waals surface area contributed by atoms with Crippen molar-refractivity contribution in [1.29, 1.82) is 0 Å². The van der Waals surface area contributed by atoms with Crippen LogP contribution >= 0.6 is 0 Å². The highest BCUT2D eigenvalue weighted by Gasteiger charge is 2.06. The summed E-state index contributed by atoms with van der Waals surface area (Å²) in [6.45, 7) is 7.00. The summed E-state index contributed by atoms with van der Waals surface area (Å²) >= 11 is 0. The van der Waals surface area contributed by atoms with Crippen molar-refractivity contribution in [2.45, 2.75) is 19.8 Å². The van der Waals surface area contributed by atoms with Crippen molar-refractivity contribution in [2.24, 2.45) is 5.92 Å². The fourth-order valence-corrected chi connectivity index (χ4v) is 1.44. The van der Waals surface area contributed by atoms with Gasteiger partial charge < -0.3 is 4.74 Å². The Kier molecular flexibility index (Phi) is 3.97. The molecule has 1 nitrogen and oxygen atoms in total. The van der Waals surface area contributed by atoms with Gasteiger partial charge in [0.25, 0.3) is 0 Å². The summed E-state index contributed by atoms with van der Waals surface area (Å²) in [5.74, 6) is 0.502. The molecule has 0 saturated heterocycles. The Balaban J connectivity index is 2.39. The van der Waals surface area contributed by atoms with Gasteiger partial charge in [-0.3, -0.25) is 0 Å². The molecule has 0 aromatic carbocycles. The number of ether oxygens (including phenoxy) is 1. The fraction of sp³-hybridized carbons (Fsp3) is 0.500. The van der Waals surface area contributed by atoms with Gasteiger partial charge >= 0.3 is 0 Å². The van der Waals surface area contributed by atoms with Crippen molar-refractivity contribution in [3.05, 3.63) is 36.0 Å². The van der Waals surface area contributed by atoms with Crippen molar-refractivity contribution < 1.29 is 4.74 Å². The van der Waals surface area contributed by atoms with E-state index in [0.29, 0.717) is 5.92 Å². The molecule has 1 heteroatoms. The Bertz CT molecular complexity index is 236. The van der Waals surface area contributed by atoms with E-state index in [1.807, 2.05) is 0 Å². The maximum absolute atomic E-state index is 5.01. The second-order valence-corrected chi connectivity index (χ2v) is 3.53. The van der Waals surface area contributed by atoms with Crippen LogP contribution in [0.5, 0.6) is 0 Å². The predicted octanol–water partition coefficient (Wildman–Crippen LogP) is 3.10. The van der Waals surface area contributed by atoms with Gasteiger partial charge in [0.15, 0.2) is 0 Å². The third-order valence-corrected chi connectivity index (χ3v) is 2.37. The summed E-state index contributed by atoms with van der Waals surface area (Å²) in [5, 5.41) is 0. The van der Waals surface area contributed by atoms with Gasteiger partial charge in [0.1, 0.15) is 0 Å². The maximum atomic E-state index is 5.01. The minimum atomic E-state index is 0.502. The Hall–Kier alpha value is -0.820. The van der Waals surface area contributed by atoms with Crippen LogP contribution in [0.3, 0.4) is 0 Å². The molecule has 0 aliphatic heterocycles. The van der Waals surface area contributed by atoms with Crippen LogP contribution in [-0.4, -0.2) is 13.7 Å². The second kappa shape index (κ2) is 5.03. The Morgan fingerprint density at radius 3 is 2.85 bits per heavy atom. The summed E-state index contributed by atoms with van der Waals surface area (Å²) in [6.07, 6.45) is 8.79. The van der Waals surface area contributed by atoms with Gasteiger partial charge in [0.2, 0.25) is 0 Å². The van der Waals surface area contributed by atoms with Gasteiger partial charge in [-0.1, -0.05) is 37.3 Å². The van der Waals surface area contributed by atoms with Crippen molar-refractivity contribution in [3.8, 4) is 0 Å². The van der Waals surface area contributed by atoms with Gasteiger partial charge in [0.05, 0.1) is 0 Å². The molecular weight excluding hydrogens is 160 g/mol. The molecular formula is C12H18O. The number of allylic oxidation sites excluding steroid dienone is 5. The van der Waals surface area contributed by atoms with Crippen LogP contribution in [0.2, 0.25) is 0 Å². The highest BCUT2D eigenvalue weighted by Crippen LogP contribution is 2.22. The Labute approximate surface area is 80.8 Å². The molecule has 0 aromatic heterocycles. The molecule has 0 N–H and O–H groups in total. The number of methoxy groups -OCH3 is 1. The van der Waals surface area contributed by atoms with E-state index >= 15 is 0 Å². The molecule has 0 spiro atoms. The van der Waals surface area contributed by atoms with E-state index in [9.17, 15) is 0 Å². The summed E-state index contributed by atoms with van der Waals surface area (Å²) in [7, 11) is 1.75. The summed E-state index contributed by atoms with van der Waals surface area (Å²) in [6, 6.07) is 0. The number of hydrogen-bond acceptors (Lipinski definition) is 1. The standard InChI is InChI=1S/C12H18O/c1-10-6-7-12(9-11(10)2)5-4-8-13-3/h6-7,9,11H,1,4-5,8H2,2-3H3. The zero-order valence-corrected chi connectivity index (χ0v) is 8.55. The first-order valence-corrected chi connectivity index (χ1v) is 4.80. The van der Waals surface area contributed by atoms with E-state index in [-0.39, 0.29) is 0 Å². The fourth-order valence-electron chi connectivity index (χ4n) is 1.44. The van der Waals surface area contributed by atoms with Crippen LogP contribution in [-0.2, 0) is 4.74 Å². The molecule has 1 atom stereocenters. The molecule has 1 aliphatic rings. The van der Waals surface area contributed by atoms with Crippen LogP contribution in [0, 0.1) is 5.92 Å². The van der Waals surface area contributed by atoms with E-state index in [2.05, 4.69) is 31.7 Å². The van der Waals surface area contributed by atoms with Gasteiger partial charge in [-0.25, -0.2) is 0 Å². The minimum absolute atomic E-state index is 0.502. The molecule has 0 fully saturated rings. The van der Waals surface area contributed by atoms with Crippen LogP contribution in [0.25, 0.3) is 0 Å². The number of hydrogen-bond donors (Lipinski definition) is 0. The topological polar surface area (TPSA) is 9.23 Å². The monoisotopic (exact) mass is 178 g/mol. The average molecular weight is 178 g/mol. The molecule has 1 unspecified atom stereocenters. The summed E-state index contributed by atoms with van der Waals surface area (Å²) in [5.41, 5.74) is 2.62. The molecule has 0 aromatic rings. The van der Waals surface area contributed by atoms with Gasteiger partial charge in [0, 0.05) is 13.7 Å². The van der Waals surface area contributed by atoms with Gasteiger partial charge in [-0.05, 0) is 24.3 Å². The number of rotatable bonds is 4. The van der Waals surface area contributed by atoms with Crippen LogP contribution in [0.4, 0.5) is 0 Å². The lowest BCUT2D eigenvalue weighted by molar-refractivity contribution is 0.195. The van der Waals surface area contributed by atoms with Crippen LogP contribution in [0.1, 0.15) is 19.8 Å². The second-order valence-electron chi connectivity index (χ2n) is 3.53. The largest absolute Gasteiger partial charge is 0.385 e. The molecule has 0 bridgehead atoms. The van der Waals surface area contributed by atoms with Crippen LogP contribution in [0.15, 0.2) is 36.0 Å². The first kappa shape index (κ1) is 10.3. The molecule has 0 saturated carbocycles. The van der Waals surface area contributed by atoms with Gasteiger partial charge in [-0.15, -0.1) is 0 Å². The zero-order chi connectivity index (χ0) is 9.68. The summed E-state index contributed by atoms with van der Waals surface area (Å²) < 4.78 is 5.01. The molecule has 1 aliphatic carbocycles. The predicted molar refractivity (Wildman–Crippen MR) is 56.6 cm³/mol. The SMILES string of the molecule is C=C1C=CC(CCCOC)=CC1C. The molecule has 0 amide bonds. The van der Waals surface area contributed by atoms with E-state index in [1.165, 1.54) is 11.1 Å². The normalized spacial score (nSPS) is 21.8. The molecule has 0 heterocycles. The lowest BCUT2D eigenvalue weighted by Crippen LogP contribution is -1.99. The third-order valence-electron chi connectivity index (χ3n) is 2.37. The highest BCUT2D eigenvalue weighted by atomic mass is 16.5. The van der Waals surface area contributed by atoms with Crippen molar-refractivity contribution in [2.75, 3.05) is 13.7 Å². The first-order valence-electron chi connectivity index (χ1n) is 4.80. The lowest BCUT2D eigenvalue weighted by atomic mass is 9.92. The van der Waals surface area contributed by atoms with Gasteiger partial charge in [-0.2, -0.15) is 0 Å². The van der Waals surface area contributed by atoms with E-state index in [4.69, 9.17) is 4.74 Å². The smallest absolute Gasteiger partial charge is 0.0465 e. The third kappa shape index (κ3) is 3.19. The van der Waals surface area contributed by atoms with E-state index in [1.54, 1.807) is 7.11 Å². The first-order chi connectivity index (χ1) is 6.24. The lowest BCUT2D eigenvalue weighted by Gasteiger charge is -2.14. The molecule has 13 heavy (non-hydrogen) atoms. The van der Waals surface area contributed by atoms with Crippen LogP contribution < -0.4 is 0 Å². The average Bonchev–Trinajstić information content (AvgIpc) is 2.12. The van der Waals surface area contributed by atoms with Crippen molar-refractivity contribution in [1.82, 2.24) is 0 Å². The molecule has 72 valence electrons. The van der Waals surface area contributed by atoms with E-state index < -0.39 is 0 Å². The maximum Gasteiger partial charge on any atom is 0.0465 e. The quantitative estimate of drug-likeness (QED) is 0.601. The molecule has 0 radical (unpaired) electrons. The van der Waals surface area contributed by atoms with Crippen molar-refractivity contribution >= 4 is 0 Å². The highest BCUT2D eigenvalue weighted by molar-refractivity contribution is 5.36. The zero-order valence-electron chi connectivity index (χ0n) is 8.55. The van der Waals surface area contributed by atoms with E-state index in [0.717, 1.165) is 19.4 Å². The Morgan fingerprint density at radius 1 is 1.46 bits per heavy atom. The molecule has 1 rings (SSSR count). The summed E-state index contributed by atoms with van der Waals surface area (Å²) in [4.78, 5) is 0. The minimum Gasteiger partial charge on any atom is -0.385 e. The Morgan fingerprint density at radius 2 is 2.23 bits per heavy atom.